The van der Waals surface area contributed by atoms with Gasteiger partial charge in [0.1, 0.15) is 0 Å². The molecule has 0 aromatic heterocycles. The molecule has 2 saturated heterocycles. The third-order valence-corrected chi connectivity index (χ3v) is 15.6. The summed E-state index contributed by atoms with van der Waals surface area (Å²) in [4.78, 5) is 0. The minimum absolute atomic E-state index is 0.822. The molecule has 0 radical (unpaired) electrons. The highest BCUT2D eigenvalue weighted by Gasteiger charge is 2.36. The Morgan fingerprint density at radius 2 is 1.22 bits per heavy atom. The van der Waals surface area contributed by atoms with E-state index in [1.807, 2.05) is 0 Å². The molecule has 0 N–H and O–H groups in total. The molecule has 2 heterocycles. The van der Waals surface area contributed by atoms with E-state index in [-0.39, 0.29) is 0 Å². The maximum absolute atomic E-state index is 6.64. The lowest BCUT2D eigenvalue weighted by Gasteiger charge is -2.34. The molecule has 0 amide bonds. The predicted molar refractivity (Wildman–Crippen MR) is 95.4 cm³/mol. The second-order valence-electron chi connectivity index (χ2n) is 6.46. The monoisotopic (exact) mass is 358 g/mol. The van der Waals surface area contributed by atoms with Gasteiger partial charge in [-0.3, -0.25) is 0 Å². The average Bonchev–Trinajstić information content (AvgIpc) is 2.24. The summed E-state index contributed by atoms with van der Waals surface area (Å²) < 4.78 is 0. The number of hydrogen-bond donors (Lipinski definition) is 0. The summed E-state index contributed by atoms with van der Waals surface area (Å²) in [5, 5.41) is 1.64. The van der Waals surface area contributed by atoms with E-state index in [4.69, 9.17) is 22.2 Å². The normalized spacial score (nSPS) is 46.0. The molecule has 106 valence electrons. The van der Waals surface area contributed by atoms with Crippen molar-refractivity contribution in [2.75, 3.05) is 0 Å². The van der Waals surface area contributed by atoms with E-state index in [1.54, 1.807) is 0 Å². The van der Waals surface area contributed by atoms with Crippen LogP contribution in [0.3, 0.4) is 0 Å². The van der Waals surface area contributed by atoms with Crippen molar-refractivity contribution in [3.63, 3.8) is 0 Å². The summed E-state index contributed by atoms with van der Waals surface area (Å²) in [6.45, 7) is 4.69. The molecular formula is C12H24Cl2S2Si2. The van der Waals surface area contributed by atoms with E-state index in [1.165, 1.54) is 49.9 Å². The fraction of sp³-hybridized carbons (Fsp3) is 1.00. The largest absolute Gasteiger partial charge is 0.167 e. The minimum Gasteiger partial charge on any atom is -0.167 e. The molecule has 18 heavy (non-hydrogen) atoms. The highest BCUT2D eigenvalue weighted by Crippen LogP contribution is 2.47. The predicted octanol–water partition coefficient (Wildman–Crippen LogP) is 6.32. The molecule has 0 nitrogen and oxygen atoms in total. The van der Waals surface area contributed by atoms with E-state index >= 15 is 0 Å². The molecule has 0 aliphatic carbocycles. The first-order valence-corrected chi connectivity index (χ1v) is 17.2. The number of hydrogen-bond acceptors (Lipinski definition) is 2. The SMILES string of the molecule is C[Si]1(Cl)CCCC(SSC2CCC[Si](C)(Cl)C2)C1. The molecule has 0 saturated carbocycles. The van der Waals surface area contributed by atoms with Gasteiger partial charge in [0.25, 0.3) is 0 Å². The first-order chi connectivity index (χ1) is 8.36. The standard InChI is InChI=1S/C12H24Cl2S2Si2/c1-17(13)7-3-5-11(9-17)15-16-12-6-4-8-18(2,14)10-12/h11-12H,3-10H2,1-2H3. The van der Waals surface area contributed by atoms with E-state index in [9.17, 15) is 0 Å². The third kappa shape index (κ3) is 5.25. The maximum Gasteiger partial charge on any atom is 0.154 e. The fourth-order valence-corrected chi connectivity index (χ4v) is 16.5. The molecule has 0 spiro atoms. The van der Waals surface area contributed by atoms with Crippen molar-refractivity contribution in [1.82, 2.24) is 0 Å². The topological polar surface area (TPSA) is 0 Å². The second kappa shape index (κ2) is 6.65. The van der Waals surface area contributed by atoms with Gasteiger partial charge in [0, 0.05) is 10.5 Å². The van der Waals surface area contributed by atoms with Gasteiger partial charge in [0.05, 0.1) is 0 Å². The molecule has 4 atom stereocenters. The quantitative estimate of drug-likeness (QED) is 0.328. The van der Waals surface area contributed by atoms with Crippen LogP contribution in [0.1, 0.15) is 25.7 Å². The van der Waals surface area contributed by atoms with Crippen molar-refractivity contribution < 1.29 is 0 Å². The Hall–Kier alpha value is 1.71. The summed E-state index contributed by atoms with van der Waals surface area (Å²) in [7, 11) is 1.58. The molecule has 2 aliphatic heterocycles. The van der Waals surface area contributed by atoms with Crippen molar-refractivity contribution in [2.24, 2.45) is 0 Å². The summed E-state index contributed by atoms with van der Waals surface area (Å²) in [6, 6.07) is 5.28. The van der Waals surface area contributed by atoms with Crippen LogP contribution in [0.15, 0.2) is 0 Å². The molecule has 6 heteroatoms. The van der Waals surface area contributed by atoms with Crippen LogP contribution in [-0.2, 0) is 0 Å². The summed E-state index contributed by atoms with van der Waals surface area (Å²) in [5.74, 6) is 0. The summed E-state index contributed by atoms with van der Waals surface area (Å²) in [6.07, 6.45) is 5.48. The zero-order chi connectivity index (χ0) is 13.2. The van der Waals surface area contributed by atoms with Gasteiger partial charge in [0.2, 0.25) is 0 Å². The minimum atomic E-state index is -1.35. The average molecular weight is 360 g/mol. The van der Waals surface area contributed by atoms with Crippen molar-refractivity contribution in [1.29, 1.82) is 0 Å². The van der Waals surface area contributed by atoms with Gasteiger partial charge in [-0.15, -0.1) is 0 Å². The Bertz CT molecular complexity index is 259. The van der Waals surface area contributed by atoms with Crippen molar-refractivity contribution in [3.8, 4) is 0 Å². The van der Waals surface area contributed by atoms with Crippen LogP contribution < -0.4 is 0 Å². The smallest absolute Gasteiger partial charge is 0.154 e. The number of halogens is 2. The van der Waals surface area contributed by atoms with Crippen LogP contribution in [0.25, 0.3) is 0 Å². The van der Waals surface area contributed by atoms with Gasteiger partial charge in [-0.1, -0.05) is 47.5 Å². The Kier molecular flexibility index (Phi) is 5.95. The molecule has 0 aromatic carbocycles. The second-order valence-corrected chi connectivity index (χ2v) is 22.3. The van der Waals surface area contributed by atoms with Crippen LogP contribution in [0.5, 0.6) is 0 Å². The zero-order valence-electron chi connectivity index (χ0n) is 11.4. The molecule has 4 unspecified atom stereocenters. The van der Waals surface area contributed by atoms with Gasteiger partial charge in [-0.25, -0.2) is 0 Å². The van der Waals surface area contributed by atoms with Gasteiger partial charge in [-0.05, 0) is 37.0 Å². The summed E-state index contributed by atoms with van der Waals surface area (Å²) >= 11 is 13.3. The Balaban J connectivity index is 1.74. The van der Waals surface area contributed by atoms with Crippen LogP contribution in [-0.4, -0.2) is 25.3 Å². The highest BCUT2D eigenvalue weighted by molar-refractivity contribution is 8.77. The molecule has 2 rings (SSSR count). The highest BCUT2D eigenvalue weighted by atomic mass is 35.6. The number of rotatable bonds is 3. The molecule has 0 aromatic rings. The van der Waals surface area contributed by atoms with Gasteiger partial charge in [-0.2, -0.15) is 22.2 Å². The molecule has 0 bridgehead atoms. The van der Waals surface area contributed by atoms with Crippen molar-refractivity contribution in [3.05, 3.63) is 0 Å². The van der Waals surface area contributed by atoms with E-state index in [0.29, 0.717) is 0 Å². The lowest BCUT2D eigenvalue weighted by Crippen LogP contribution is -2.32. The van der Waals surface area contributed by atoms with Gasteiger partial charge in [0.15, 0.2) is 14.8 Å². The van der Waals surface area contributed by atoms with E-state index in [2.05, 4.69) is 34.7 Å². The Morgan fingerprint density at radius 1 is 0.833 bits per heavy atom. The van der Waals surface area contributed by atoms with E-state index < -0.39 is 14.8 Å². The Labute approximate surface area is 131 Å². The van der Waals surface area contributed by atoms with Crippen LogP contribution >= 0.6 is 43.7 Å². The lowest BCUT2D eigenvalue weighted by molar-refractivity contribution is 0.734. The van der Waals surface area contributed by atoms with Gasteiger partial charge >= 0.3 is 0 Å². The van der Waals surface area contributed by atoms with Gasteiger partial charge < -0.3 is 0 Å². The first kappa shape index (κ1) is 16.1. The van der Waals surface area contributed by atoms with E-state index in [0.717, 1.165) is 10.5 Å². The maximum atomic E-state index is 6.64. The molecular weight excluding hydrogens is 335 g/mol. The van der Waals surface area contributed by atoms with Crippen LogP contribution in [0, 0.1) is 0 Å². The molecule has 2 fully saturated rings. The van der Waals surface area contributed by atoms with Crippen molar-refractivity contribution in [2.45, 2.75) is 73.5 Å². The Morgan fingerprint density at radius 3 is 1.56 bits per heavy atom. The van der Waals surface area contributed by atoms with Crippen LogP contribution in [0.2, 0.25) is 37.3 Å². The lowest BCUT2D eigenvalue weighted by atomic mass is 10.2. The van der Waals surface area contributed by atoms with Crippen LogP contribution in [0.4, 0.5) is 0 Å². The third-order valence-electron chi connectivity index (χ3n) is 4.08. The fourth-order valence-electron chi connectivity index (χ4n) is 3.08. The zero-order valence-corrected chi connectivity index (χ0v) is 16.5. The first-order valence-electron chi connectivity index (χ1n) is 7.06. The summed E-state index contributed by atoms with van der Waals surface area (Å²) in [5.41, 5.74) is 0. The molecule has 2 aliphatic rings. The van der Waals surface area contributed by atoms with Crippen molar-refractivity contribution >= 4 is 58.5 Å².